The van der Waals surface area contributed by atoms with E-state index in [1.54, 1.807) is 19.9 Å². The number of ether oxygens (including phenoxy) is 2. The highest BCUT2D eigenvalue weighted by Crippen LogP contribution is 2.36. The van der Waals surface area contributed by atoms with E-state index in [-0.39, 0.29) is 5.56 Å². The maximum Gasteiger partial charge on any atom is 0.336 e. The summed E-state index contributed by atoms with van der Waals surface area (Å²) in [5, 5.41) is 8.98. The number of benzene rings is 1. The monoisotopic (exact) mass is 210 g/mol. The van der Waals surface area contributed by atoms with Gasteiger partial charge in [-0.05, 0) is 25.5 Å². The van der Waals surface area contributed by atoms with Crippen LogP contribution in [0.3, 0.4) is 0 Å². The van der Waals surface area contributed by atoms with E-state index in [9.17, 15) is 4.79 Å². The van der Waals surface area contributed by atoms with Gasteiger partial charge in [0.15, 0.2) is 11.5 Å². The fourth-order valence-electron chi connectivity index (χ4n) is 1.58. The van der Waals surface area contributed by atoms with Crippen LogP contribution in [0.2, 0.25) is 0 Å². The zero-order chi connectivity index (χ0) is 11.6. The minimum absolute atomic E-state index is 0.241. The average Bonchev–Trinajstić information content (AvgIpc) is 2.19. The Kier molecular flexibility index (Phi) is 3.19. The van der Waals surface area contributed by atoms with Gasteiger partial charge < -0.3 is 14.6 Å². The minimum atomic E-state index is -0.962. The maximum atomic E-state index is 10.9. The quantitative estimate of drug-likeness (QED) is 0.829. The van der Waals surface area contributed by atoms with E-state index in [2.05, 4.69) is 0 Å². The minimum Gasteiger partial charge on any atom is -0.493 e. The number of aromatic carboxylic acids is 1. The Morgan fingerprint density at radius 3 is 2.13 bits per heavy atom. The van der Waals surface area contributed by atoms with Crippen LogP contribution in [0.25, 0.3) is 0 Å². The molecule has 0 aliphatic heterocycles. The van der Waals surface area contributed by atoms with Crippen LogP contribution >= 0.6 is 0 Å². The standard InChI is InChI=1S/C11H14O4/c1-6-5-8(11(12)13)7(2)10(15-4)9(6)14-3/h5H,1-4H3,(H,12,13). The number of carboxylic acids is 1. The molecule has 0 bridgehead atoms. The van der Waals surface area contributed by atoms with Gasteiger partial charge in [-0.15, -0.1) is 0 Å². The SMILES string of the molecule is COc1c(C)cc(C(=O)O)c(C)c1OC. The molecule has 0 unspecified atom stereocenters. The number of carboxylic acid groups (broad SMARTS) is 1. The summed E-state index contributed by atoms with van der Waals surface area (Å²) in [6, 6.07) is 1.58. The van der Waals surface area contributed by atoms with Crippen LogP contribution in [0.4, 0.5) is 0 Å². The molecule has 1 aromatic rings. The van der Waals surface area contributed by atoms with Gasteiger partial charge in [-0.25, -0.2) is 4.79 Å². The van der Waals surface area contributed by atoms with Crippen molar-refractivity contribution >= 4 is 5.97 Å². The molecule has 0 amide bonds. The third kappa shape index (κ3) is 1.88. The summed E-state index contributed by atoms with van der Waals surface area (Å²) < 4.78 is 10.3. The van der Waals surface area contributed by atoms with Gasteiger partial charge in [-0.1, -0.05) is 0 Å². The van der Waals surface area contributed by atoms with Gasteiger partial charge in [0.25, 0.3) is 0 Å². The second kappa shape index (κ2) is 4.21. The van der Waals surface area contributed by atoms with E-state index in [1.807, 2.05) is 0 Å². The van der Waals surface area contributed by atoms with E-state index >= 15 is 0 Å². The van der Waals surface area contributed by atoms with Crippen molar-refractivity contribution in [3.8, 4) is 11.5 Å². The first kappa shape index (κ1) is 11.4. The predicted octanol–water partition coefficient (Wildman–Crippen LogP) is 2.02. The lowest BCUT2D eigenvalue weighted by molar-refractivity contribution is 0.0695. The molecule has 15 heavy (non-hydrogen) atoms. The first-order valence-electron chi connectivity index (χ1n) is 4.48. The van der Waals surface area contributed by atoms with Gasteiger partial charge in [0.2, 0.25) is 0 Å². The van der Waals surface area contributed by atoms with Crippen molar-refractivity contribution in [3.63, 3.8) is 0 Å². The lowest BCUT2D eigenvalue weighted by Crippen LogP contribution is -2.04. The van der Waals surface area contributed by atoms with Crippen LogP contribution < -0.4 is 9.47 Å². The molecule has 82 valence electrons. The lowest BCUT2D eigenvalue weighted by Gasteiger charge is -2.14. The average molecular weight is 210 g/mol. The Balaban J connectivity index is 3.51. The second-order valence-corrected chi connectivity index (χ2v) is 3.24. The number of rotatable bonds is 3. The molecule has 1 N–H and O–H groups in total. The summed E-state index contributed by atoms with van der Waals surface area (Å²) in [7, 11) is 3.03. The first-order valence-corrected chi connectivity index (χ1v) is 4.48. The number of hydrogen-bond acceptors (Lipinski definition) is 3. The molecule has 0 aromatic heterocycles. The maximum absolute atomic E-state index is 10.9. The summed E-state index contributed by atoms with van der Waals surface area (Å²) in [4.78, 5) is 10.9. The van der Waals surface area contributed by atoms with Crippen molar-refractivity contribution < 1.29 is 19.4 Å². The van der Waals surface area contributed by atoms with Crippen LogP contribution in [-0.2, 0) is 0 Å². The van der Waals surface area contributed by atoms with Crippen LogP contribution in [0, 0.1) is 13.8 Å². The van der Waals surface area contributed by atoms with Gasteiger partial charge in [-0.3, -0.25) is 0 Å². The lowest BCUT2D eigenvalue weighted by atomic mass is 10.0. The molecule has 0 heterocycles. The van der Waals surface area contributed by atoms with Gasteiger partial charge >= 0.3 is 5.97 Å². The molecule has 4 nitrogen and oxygen atoms in total. The van der Waals surface area contributed by atoms with E-state index in [4.69, 9.17) is 14.6 Å². The van der Waals surface area contributed by atoms with Crippen LogP contribution in [0.1, 0.15) is 21.5 Å². The fraction of sp³-hybridized carbons (Fsp3) is 0.364. The second-order valence-electron chi connectivity index (χ2n) is 3.24. The first-order chi connectivity index (χ1) is 7.02. The topological polar surface area (TPSA) is 55.8 Å². The molecular weight excluding hydrogens is 196 g/mol. The van der Waals surface area contributed by atoms with Crippen molar-refractivity contribution in [2.75, 3.05) is 14.2 Å². The Morgan fingerprint density at radius 1 is 1.20 bits per heavy atom. The largest absolute Gasteiger partial charge is 0.493 e. The molecule has 1 aromatic carbocycles. The van der Waals surface area contributed by atoms with E-state index < -0.39 is 5.97 Å². The molecule has 0 radical (unpaired) electrons. The Morgan fingerprint density at radius 2 is 1.73 bits per heavy atom. The summed E-state index contributed by atoms with van der Waals surface area (Å²) >= 11 is 0. The molecule has 0 atom stereocenters. The van der Waals surface area contributed by atoms with Crippen LogP contribution in [0.15, 0.2) is 6.07 Å². The zero-order valence-corrected chi connectivity index (χ0v) is 9.25. The highest BCUT2D eigenvalue weighted by atomic mass is 16.5. The fourth-order valence-corrected chi connectivity index (χ4v) is 1.58. The normalized spacial score (nSPS) is 9.87. The van der Waals surface area contributed by atoms with Gasteiger partial charge in [0.1, 0.15) is 0 Å². The molecular formula is C11H14O4. The molecule has 0 aliphatic carbocycles. The number of carbonyl (C=O) groups is 1. The molecule has 0 spiro atoms. The number of methoxy groups -OCH3 is 2. The number of hydrogen-bond donors (Lipinski definition) is 1. The summed E-state index contributed by atoms with van der Waals surface area (Å²) in [6.07, 6.45) is 0. The third-order valence-electron chi connectivity index (χ3n) is 2.31. The predicted molar refractivity (Wildman–Crippen MR) is 56.0 cm³/mol. The Bertz CT molecular complexity index is 396. The molecule has 0 fully saturated rings. The van der Waals surface area contributed by atoms with Crippen molar-refractivity contribution in [2.24, 2.45) is 0 Å². The van der Waals surface area contributed by atoms with Crippen molar-refractivity contribution in [1.29, 1.82) is 0 Å². The molecule has 4 heteroatoms. The number of aryl methyl sites for hydroxylation is 1. The highest BCUT2D eigenvalue weighted by molar-refractivity contribution is 5.91. The van der Waals surface area contributed by atoms with Crippen LogP contribution in [-0.4, -0.2) is 25.3 Å². The van der Waals surface area contributed by atoms with Crippen molar-refractivity contribution in [2.45, 2.75) is 13.8 Å². The van der Waals surface area contributed by atoms with Gasteiger partial charge in [0.05, 0.1) is 19.8 Å². The molecule has 0 saturated carbocycles. The van der Waals surface area contributed by atoms with Gasteiger partial charge in [-0.2, -0.15) is 0 Å². The Hall–Kier alpha value is -1.71. The van der Waals surface area contributed by atoms with Gasteiger partial charge in [0, 0.05) is 5.56 Å². The summed E-state index contributed by atoms with van der Waals surface area (Å²) in [5.74, 6) is 0.103. The van der Waals surface area contributed by atoms with E-state index in [0.717, 1.165) is 5.56 Å². The smallest absolute Gasteiger partial charge is 0.336 e. The molecule has 0 aliphatic rings. The van der Waals surface area contributed by atoms with Crippen LogP contribution in [0.5, 0.6) is 11.5 Å². The van der Waals surface area contributed by atoms with Crippen molar-refractivity contribution in [3.05, 3.63) is 22.8 Å². The molecule has 1 rings (SSSR count). The summed E-state index contributed by atoms with van der Waals surface area (Å²) in [6.45, 7) is 3.48. The zero-order valence-electron chi connectivity index (χ0n) is 9.25. The highest BCUT2D eigenvalue weighted by Gasteiger charge is 2.18. The van der Waals surface area contributed by atoms with E-state index in [1.165, 1.54) is 14.2 Å². The summed E-state index contributed by atoms with van der Waals surface area (Å²) in [5.41, 5.74) is 1.56. The Labute approximate surface area is 88.4 Å². The molecule has 0 saturated heterocycles. The van der Waals surface area contributed by atoms with E-state index in [0.29, 0.717) is 17.1 Å². The third-order valence-corrected chi connectivity index (χ3v) is 2.31. The van der Waals surface area contributed by atoms with Crippen molar-refractivity contribution in [1.82, 2.24) is 0 Å².